The summed E-state index contributed by atoms with van der Waals surface area (Å²) in [6.07, 6.45) is 2.70. The Hall–Kier alpha value is -1.06. The Labute approximate surface area is 116 Å². The van der Waals surface area contributed by atoms with Gasteiger partial charge in [0.25, 0.3) is 0 Å². The van der Waals surface area contributed by atoms with Crippen molar-refractivity contribution in [1.29, 1.82) is 0 Å². The molecule has 0 amide bonds. The van der Waals surface area contributed by atoms with Crippen molar-refractivity contribution in [3.63, 3.8) is 0 Å². The Morgan fingerprint density at radius 2 is 2.32 bits per heavy atom. The second-order valence-corrected chi connectivity index (χ2v) is 5.53. The van der Waals surface area contributed by atoms with Crippen LogP contribution in [-0.4, -0.2) is 25.9 Å². The molecule has 1 aromatic carbocycles. The Bertz CT molecular complexity index is 373. The zero-order valence-corrected chi connectivity index (χ0v) is 12.0. The van der Waals surface area contributed by atoms with Gasteiger partial charge in [-0.05, 0) is 50.3 Å². The molecule has 0 bridgehead atoms. The predicted octanol–water partition coefficient (Wildman–Crippen LogP) is 2.99. The van der Waals surface area contributed by atoms with Gasteiger partial charge < -0.3 is 14.8 Å². The zero-order valence-electron chi connectivity index (χ0n) is 12.0. The average molecular weight is 263 g/mol. The van der Waals surface area contributed by atoms with Gasteiger partial charge in [0.1, 0.15) is 5.75 Å². The van der Waals surface area contributed by atoms with E-state index in [0.29, 0.717) is 5.92 Å². The van der Waals surface area contributed by atoms with E-state index in [2.05, 4.69) is 23.5 Å². The van der Waals surface area contributed by atoms with Gasteiger partial charge in [0.2, 0.25) is 0 Å². The molecule has 0 spiro atoms. The molecule has 3 heteroatoms. The molecule has 1 aliphatic rings. The van der Waals surface area contributed by atoms with Crippen molar-refractivity contribution in [2.45, 2.75) is 39.3 Å². The van der Waals surface area contributed by atoms with Gasteiger partial charge in [0.05, 0.1) is 12.7 Å². The highest BCUT2D eigenvalue weighted by Gasteiger charge is 2.12. The zero-order chi connectivity index (χ0) is 13.5. The maximum Gasteiger partial charge on any atom is 0.120 e. The molecule has 1 heterocycles. The first kappa shape index (κ1) is 14.4. The fourth-order valence-corrected chi connectivity index (χ4v) is 2.39. The summed E-state index contributed by atoms with van der Waals surface area (Å²) in [5.41, 5.74) is 1.27. The SMILES string of the molecule is CC(C)Oc1cccc(CNCC2CCCOC2)c1. The summed E-state index contributed by atoms with van der Waals surface area (Å²) >= 11 is 0. The van der Waals surface area contributed by atoms with E-state index in [1.807, 2.05) is 19.9 Å². The van der Waals surface area contributed by atoms with Gasteiger partial charge in [-0.1, -0.05) is 12.1 Å². The molecule has 1 atom stereocenters. The second kappa shape index (κ2) is 7.51. The molecule has 19 heavy (non-hydrogen) atoms. The summed E-state index contributed by atoms with van der Waals surface area (Å²) in [5, 5.41) is 3.52. The lowest BCUT2D eigenvalue weighted by Crippen LogP contribution is -2.28. The average Bonchev–Trinajstić information content (AvgIpc) is 2.40. The third kappa shape index (κ3) is 5.21. The molecule has 1 aromatic rings. The van der Waals surface area contributed by atoms with Gasteiger partial charge in [-0.25, -0.2) is 0 Å². The minimum atomic E-state index is 0.225. The Morgan fingerprint density at radius 1 is 1.42 bits per heavy atom. The van der Waals surface area contributed by atoms with Gasteiger partial charge in [0, 0.05) is 19.7 Å². The highest BCUT2D eigenvalue weighted by molar-refractivity contribution is 5.28. The number of ether oxygens (including phenoxy) is 2. The van der Waals surface area contributed by atoms with E-state index in [9.17, 15) is 0 Å². The monoisotopic (exact) mass is 263 g/mol. The van der Waals surface area contributed by atoms with E-state index in [0.717, 1.165) is 32.1 Å². The third-order valence-corrected chi connectivity index (χ3v) is 3.29. The van der Waals surface area contributed by atoms with Gasteiger partial charge in [0.15, 0.2) is 0 Å². The fourth-order valence-electron chi connectivity index (χ4n) is 2.39. The van der Waals surface area contributed by atoms with Crippen molar-refractivity contribution >= 4 is 0 Å². The van der Waals surface area contributed by atoms with Crippen molar-refractivity contribution in [2.24, 2.45) is 5.92 Å². The van der Waals surface area contributed by atoms with Gasteiger partial charge in [-0.2, -0.15) is 0 Å². The molecule has 0 saturated carbocycles. The molecule has 0 aromatic heterocycles. The summed E-state index contributed by atoms with van der Waals surface area (Å²) in [6.45, 7) is 7.87. The minimum absolute atomic E-state index is 0.225. The molecule has 1 saturated heterocycles. The predicted molar refractivity (Wildman–Crippen MR) is 77.5 cm³/mol. The lowest BCUT2D eigenvalue weighted by Gasteiger charge is -2.22. The van der Waals surface area contributed by atoms with Crippen LogP contribution < -0.4 is 10.1 Å². The van der Waals surface area contributed by atoms with Crippen LogP contribution in [0.5, 0.6) is 5.75 Å². The molecule has 1 unspecified atom stereocenters. The van der Waals surface area contributed by atoms with Crippen LogP contribution in [0.15, 0.2) is 24.3 Å². The number of rotatable bonds is 6. The van der Waals surface area contributed by atoms with Crippen LogP contribution in [0.1, 0.15) is 32.3 Å². The quantitative estimate of drug-likeness (QED) is 0.856. The van der Waals surface area contributed by atoms with Gasteiger partial charge >= 0.3 is 0 Å². The standard InChI is InChI=1S/C16H25NO2/c1-13(2)19-16-7-3-5-14(9-16)10-17-11-15-6-4-8-18-12-15/h3,5,7,9,13,15,17H,4,6,8,10-12H2,1-2H3. The number of hydrogen-bond donors (Lipinski definition) is 1. The molecule has 106 valence electrons. The number of hydrogen-bond acceptors (Lipinski definition) is 3. The topological polar surface area (TPSA) is 30.5 Å². The number of nitrogens with one attached hydrogen (secondary N) is 1. The van der Waals surface area contributed by atoms with Crippen LogP contribution in [0.4, 0.5) is 0 Å². The highest BCUT2D eigenvalue weighted by atomic mass is 16.5. The molecule has 1 N–H and O–H groups in total. The third-order valence-electron chi connectivity index (χ3n) is 3.29. The molecule has 2 rings (SSSR count). The lowest BCUT2D eigenvalue weighted by atomic mass is 10.0. The first-order chi connectivity index (χ1) is 9.24. The molecule has 1 fully saturated rings. The fraction of sp³-hybridized carbons (Fsp3) is 0.625. The van der Waals surface area contributed by atoms with E-state index >= 15 is 0 Å². The molecule has 0 aliphatic carbocycles. The van der Waals surface area contributed by atoms with E-state index in [-0.39, 0.29) is 6.10 Å². The van der Waals surface area contributed by atoms with Crippen LogP contribution in [0, 0.1) is 5.92 Å². The summed E-state index contributed by atoms with van der Waals surface area (Å²) in [4.78, 5) is 0. The molecular formula is C16H25NO2. The Morgan fingerprint density at radius 3 is 3.05 bits per heavy atom. The Kier molecular flexibility index (Phi) is 5.67. The van der Waals surface area contributed by atoms with Gasteiger partial charge in [-0.15, -0.1) is 0 Å². The van der Waals surface area contributed by atoms with Crippen molar-refractivity contribution in [1.82, 2.24) is 5.32 Å². The second-order valence-electron chi connectivity index (χ2n) is 5.53. The van der Waals surface area contributed by atoms with Gasteiger partial charge in [-0.3, -0.25) is 0 Å². The summed E-state index contributed by atoms with van der Waals surface area (Å²) < 4.78 is 11.2. The smallest absolute Gasteiger partial charge is 0.120 e. The van der Waals surface area contributed by atoms with Crippen LogP contribution in [0.2, 0.25) is 0 Å². The molecular weight excluding hydrogens is 238 g/mol. The van der Waals surface area contributed by atoms with Crippen LogP contribution in [0.3, 0.4) is 0 Å². The van der Waals surface area contributed by atoms with Crippen molar-refractivity contribution < 1.29 is 9.47 Å². The van der Waals surface area contributed by atoms with Crippen LogP contribution in [-0.2, 0) is 11.3 Å². The molecule has 0 radical (unpaired) electrons. The highest BCUT2D eigenvalue weighted by Crippen LogP contribution is 2.16. The van der Waals surface area contributed by atoms with E-state index in [1.165, 1.54) is 18.4 Å². The normalized spacial score (nSPS) is 19.6. The molecule has 3 nitrogen and oxygen atoms in total. The van der Waals surface area contributed by atoms with Crippen LogP contribution in [0.25, 0.3) is 0 Å². The first-order valence-electron chi connectivity index (χ1n) is 7.28. The maximum atomic E-state index is 5.70. The molecule has 1 aliphatic heterocycles. The summed E-state index contributed by atoms with van der Waals surface area (Å²) in [7, 11) is 0. The Balaban J connectivity index is 1.75. The van der Waals surface area contributed by atoms with Crippen LogP contribution >= 0.6 is 0 Å². The largest absolute Gasteiger partial charge is 0.491 e. The minimum Gasteiger partial charge on any atom is -0.491 e. The number of benzene rings is 1. The van der Waals surface area contributed by atoms with E-state index in [1.54, 1.807) is 0 Å². The van der Waals surface area contributed by atoms with Crippen molar-refractivity contribution in [2.75, 3.05) is 19.8 Å². The van der Waals surface area contributed by atoms with E-state index in [4.69, 9.17) is 9.47 Å². The lowest BCUT2D eigenvalue weighted by molar-refractivity contribution is 0.0547. The van der Waals surface area contributed by atoms with E-state index < -0.39 is 0 Å². The first-order valence-corrected chi connectivity index (χ1v) is 7.28. The summed E-state index contributed by atoms with van der Waals surface area (Å²) in [6, 6.07) is 8.32. The maximum absolute atomic E-state index is 5.70. The van der Waals surface area contributed by atoms with Crippen molar-refractivity contribution in [3.05, 3.63) is 29.8 Å². The summed E-state index contributed by atoms with van der Waals surface area (Å²) in [5.74, 6) is 1.62. The van der Waals surface area contributed by atoms with Crippen molar-refractivity contribution in [3.8, 4) is 5.75 Å².